The summed E-state index contributed by atoms with van der Waals surface area (Å²) < 4.78 is 34.5. The van der Waals surface area contributed by atoms with Gasteiger partial charge in [-0.05, 0) is 109 Å². The highest BCUT2D eigenvalue weighted by molar-refractivity contribution is 7.47. The summed E-state index contributed by atoms with van der Waals surface area (Å²) in [5, 5.41) is 0. The van der Waals surface area contributed by atoms with Crippen LogP contribution in [-0.2, 0) is 32.7 Å². The third-order valence-corrected chi connectivity index (χ3v) is 12.6. The van der Waals surface area contributed by atoms with Gasteiger partial charge in [0.15, 0.2) is 6.10 Å². The van der Waals surface area contributed by atoms with Crippen LogP contribution in [0.2, 0.25) is 0 Å². The zero-order chi connectivity index (χ0) is 54.2. The fourth-order valence-corrected chi connectivity index (χ4v) is 7.96. The summed E-state index contributed by atoms with van der Waals surface area (Å²) in [7, 11) is 1.42. The van der Waals surface area contributed by atoms with Crippen LogP contribution >= 0.6 is 7.82 Å². The Morgan fingerprint density at radius 2 is 0.784 bits per heavy atom. The molecule has 0 aromatic carbocycles. The fourth-order valence-electron chi connectivity index (χ4n) is 7.22. The van der Waals surface area contributed by atoms with Crippen molar-refractivity contribution in [3.05, 3.63) is 134 Å². The van der Waals surface area contributed by atoms with Gasteiger partial charge in [-0.2, -0.15) is 0 Å². The lowest BCUT2D eigenvalue weighted by Gasteiger charge is -2.24. The number of unbranched alkanes of at least 4 members (excludes halogenated alkanes) is 15. The van der Waals surface area contributed by atoms with Crippen LogP contribution in [0.15, 0.2) is 134 Å². The summed E-state index contributed by atoms with van der Waals surface area (Å²) >= 11 is 0. The van der Waals surface area contributed by atoms with Gasteiger partial charge in [0.1, 0.15) is 19.8 Å². The molecule has 9 nitrogen and oxygen atoms in total. The van der Waals surface area contributed by atoms with Gasteiger partial charge in [-0.1, -0.05) is 218 Å². The summed E-state index contributed by atoms with van der Waals surface area (Å²) in [4.78, 5) is 35.7. The van der Waals surface area contributed by atoms with Gasteiger partial charge in [0, 0.05) is 12.8 Å². The quantitative estimate of drug-likeness (QED) is 0.0211. The second kappa shape index (κ2) is 54.0. The molecule has 1 N–H and O–H groups in total. The number of quaternary nitrogens is 1. The molecule has 0 aromatic rings. The molecule has 0 fully saturated rings. The third kappa shape index (κ3) is 57.4. The van der Waals surface area contributed by atoms with E-state index in [1.807, 2.05) is 27.2 Å². The number of hydrogen-bond donors (Lipinski definition) is 1. The van der Waals surface area contributed by atoms with E-state index in [0.717, 1.165) is 96.3 Å². The first-order valence-electron chi connectivity index (χ1n) is 28.9. The maximum Gasteiger partial charge on any atom is 0.472 e. The zero-order valence-corrected chi connectivity index (χ0v) is 48.4. The van der Waals surface area contributed by atoms with Crippen molar-refractivity contribution in [1.82, 2.24) is 0 Å². The molecule has 0 aromatic heterocycles. The number of phosphoric acid groups is 1. The normalized spacial score (nSPS) is 14.3. The largest absolute Gasteiger partial charge is 0.472 e. The number of ether oxygens (including phenoxy) is 2. The Labute approximate surface area is 453 Å². The van der Waals surface area contributed by atoms with Crippen LogP contribution in [0.1, 0.15) is 206 Å². The SMILES string of the molecule is CC/C=C\C/C=C\C/C=C\C/C=C\C/C=C\C/C=C\C/C=C\C/C=C\C/C=C\CCCC(=O)OC(COC(=O)CCCCCCCCCCC/C=C\C/C=C\CCCCCCC)COP(=O)(O)OCC[N+](C)(C)C. The molecule has 0 saturated carbocycles. The Hall–Kier alpha value is -3.85. The minimum Gasteiger partial charge on any atom is -0.462 e. The maximum atomic E-state index is 12.8. The lowest BCUT2D eigenvalue weighted by Crippen LogP contribution is -2.37. The molecule has 0 saturated heterocycles. The van der Waals surface area contributed by atoms with Crippen LogP contribution < -0.4 is 0 Å². The highest BCUT2D eigenvalue weighted by Gasteiger charge is 2.27. The number of likely N-dealkylation sites (N-methyl/N-ethyl adjacent to an activating group) is 1. The van der Waals surface area contributed by atoms with Crippen LogP contribution in [0.5, 0.6) is 0 Å². The van der Waals surface area contributed by atoms with Gasteiger partial charge in [-0.15, -0.1) is 0 Å². The van der Waals surface area contributed by atoms with Crippen LogP contribution in [0.25, 0.3) is 0 Å². The molecule has 2 unspecified atom stereocenters. The van der Waals surface area contributed by atoms with E-state index in [1.165, 1.54) is 70.6 Å². The standard InChI is InChI=1S/C64H106NO8P/c1-6-8-10-12-14-16-18-20-22-24-26-28-29-30-31-32-33-34-35-37-39-41-43-45-47-49-51-53-55-57-64(67)73-62(61-72-74(68,69)71-59-58-65(3,4)5)60-70-63(66)56-54-52-50-48-46-44-42-40-38-36-27-25-23-21-19-17-15-13-11-9-7-2/h8,10,14,16,19-22,25-28,30-31,33-34,37,39,43,45,49,51,62H,6-7,9,11-13,15,17-18,23-24,29,32,35-36,38,40-42,44,46-48,50,52-61H2,1-5H3/p+1/b10-8-,16-14-,21-19-,22-20-,27-25-,28-26-,31-30-,34-33-,39-37-,45-43-,51-49-. The van der Waals surface area contributed by atoms with E-state index in [4.69, 9.17) is 18.5 Å². The topological polar surface area (TPSA) is 108 Å². The fraction of sp³-hybridized carbons (Fsp3) is 0.625. The Kier molecular flexibility index (Phi) is 51.2. The van der Waals surface area contributed by atoms with Gasteiger partial charge in [-0.3, -0.25) is 18.6 Å². The number of phosphoric ester groups is 1. The van der Waals surface area contributed by atoms with Gasteiger partial charge in [0.2, 0.25) is 0 Å². The molecule has 0 aliphatic heterocycles. The first-order valence-corrected chi connectivity index (χ1v) is 30.4. The molecule has 0 spiro atoms. The van der Waals surface area contributed by atoms with Gasteiger partial charge >= 0.3 is 19.8 Å². The van der Waals surface area contributed by atoms with Crippen molar-refractivity contribution in [2.24, 2.45) is 0 Å². The van der Waals surface area contributed by atoms with Crippen LogP contribution in [-0.4, -0.2) is 74.9 Å². The first-order chi connectivity index (χ1) is 36.0. The minimum atomic E-state index is -4.41. The van der Waals surface area contributed by atoms with Crippen molar-refractivity contribution in [2.75, 3.05) is 47.5 Å². The summed E-state index contributed by atoms with van der Waals surface area (Å²) in [5.41, 5.74) is 0. The number of hydrogen-bond acceptors (Lipinski definition) is 7. The predicted octanol–water partition coefficient (Wildman–Crippen LogP) is 18.1. The van der Waals surface area contributed by atoms with Gasteiger partial charge in [0.25, 0.3) is 0 Å². The van der Waals surface area contributed by atoms with Gasteiger partial charge < -0.3 is 18.9 Å². The van der Waals surface area contributed by atoms with Crippen molar-refractivity contribution in [3.8, 4) is 0 Å². The Balaban J connectivity index is 4.35. The maximum absolute atomic E-state index is 12.8. The van der Waals surface area contributed by atoms with E-state index < -0.39 is 32.5 Å². The van der Waals surface area contributed by atoms with Gasteiger partial charge in [-0.25, -0.2) is 4.57 Å². The number of esters is 2. The second-order valence-corrected chi connectivity index (χ2v) is 21.4. The van der Waals surface area contributed by atoms with Crippen LogP contribution in [0.3, 0.4) is 0 Å². The molecule has 0 rings (SSSR count). The molecule has 0 radical (unpaired) electrons. The highest BCUT2D eigenvalue weighted by atomic mass is 31.2. The van der Waals surface area contributed by atoms with Crippen molar-refractivity contribution in [3.63, 3.8) is 0 Å². The summed E-state index contributed by atoms with van der Waals surface area (Å²) in [6, 6.07) is 0. The Bertz CT molecular complexity index is 1710. The van der Waals surface area contributed by atoms with Crippen molar-refractivity contribution >= 4 is 19.8 Å². The first kappa shape index (κ1) is 70.1. The molecule has 10 heteroatoms. The molecule has 0 aliphatic rings. The summed E-state index contributed by atoms with van der Waals surface area (Å²) in [5.74, 6) is -0.882. The third-order valence-electron chi connectivity index (χ3n) is 11.7. The lowest BCUT2D eigenvalue weighted by molar-refractivity contribution is -0.870. The molecule has 74 heavy (non-hydrogen) atoms. The van der Waals surface area contributed by atoms with Crippen molar-refractivity contribution in [1.29, 1.82) is 0 Å². The zero-order valence-electron chi connectivity index (χ0n) is 47.5. The number of rotatable bonds is 51. The molecule has 0 bridgehead atoms. The van der Waals surface area contributed by atoms with E-state index in [1.54, 1.807) is 0 Å². The molecular formula is C64H107NO8P+. The predicted molar refractivity (Wildman–Crippen MR) is 316 cm³/mol. The Morgan fingerprint density at radius 3 is 1.19 bits per heavy atom. The Morgan fingerprint density at radius 1 is 0.432 bits per heavy atom. The lowest BCUT2D eigenvalue weighted by atomic mass is 10.1. The van der Waals surface area contributed by atoms with Crippen molar-refractivity contribution < 1.29 is 42.1 Å². The summed E-state index contributed by atoms with van der Waals surface area (Å²) in [6.07, 6.45) is 78.1. The van der Waals surface area contributed by atoms with E-state index in [9.17, 15) is 19.0 Å². The molecule has 420 valence electrons. The molecule has 0 heterocycles. The monoisotopic (exact) mass is 1050 g/mol. The average Bonchev–Trinajstić information content (AvgIpc) is 3.36. The second-order valence-electron chi connectivity index (χ2n) is 19.9. The molecule has 0 amide bonds. The minimum absolute atomic E-state index is 0.0123. The van der Waals surface area contributed by atoms with Gasteiger partial charge in [0.05, 0.1) is 27.7 Å². The van der Waals surface area contributed by atoms with Crippen LogP contribution in [0, 0.1) is 0 Å². The molecule has 0 aliphatic carbocycles. The number of carbonyl (C=O) groups excluding carboxylic acids is 2. The van der Waals surface area contributed by atoms with E-state index >= 15 is 0 Å². The number of allylic oxidation sites excluding steroid dienone is 22. The molecule has 2 atom stereocenters. The summed E-state index contributed by atoms with van der Waals surface area (Å²) in [6.45, 7) is 4.22. The van der Waals surface area contributed by atoms with E-state index in [0.29, 0.717) is 23.9 Å². The number of nitrogens with zero attached hydrogens (tertiary/aromatic N) is 1. The van der Waals surface area contributed by atoms with E-state index in [-0.39, 0.29) is 26.1 Å². The highest BCUT2D eigenvalue weighted by Crippen LogP contribution is 2.43. The average molecular weight is 1050 g/mol. The van der Waals surface area contributed by atoms with Crippen LogP contribution in [0.4, 0.5) is 0 Å². The smallest absolute Gasteiger partial charge is 0.462 e. The molecular weight excluding hydrogens is 942 g/mol. The van der Waals surface area contributed by atoms with E-state index in [2.05, 4.69) is 141 Å². The number of carbonyl (C=O) groups is 2. The van der Waals surface area contributed by atoms with Crippen molar-refractivity contribution in [2.45, 2.75) is 213 Å².